The molecule has 1 aliphatic carbocycles. The van der Waals surface area contributed by atoms with Gasteiger partial charge in [-0.3, -0.25) is 18.8 Å². The van der Waals surface area contributed by atoms with Gasteiger partial charge < -0.3 is 4.90 Å². The number of anilines is 2. The number of amides is 1. The van der Waals surface area contributed by atoms with Gasteiger partial charge in [-0.2, -0.15) is 0 Å². The van der Waals surface area contributed by atoms with E-state index in [2.05, 4.69) is 28.0 Å². The smallest absolute Gasteiger partial charge is 0.253 e. The van der Waals surface area contributed by atoms with Crippen LogP contribution in [0.4, 0.5) is 20.3 Å². The van der Waals surface area contributed by atoms with Crippen LogP contribution in [0.25, 0.3) is 11.3 Å². The molecule has 1 atom stereocenters. The molecule has 0 radical (unpaired) electrons. The molecule has 1 aromatic carbocycles. The zero-order chi connectivity index (χ0) is 26.8. The van der Waals surface area contributed by atoms with Gasteiger partial charge in [-0.15, -0.1) is 0 Å². The predicted molar refractivity (Wildman–Crippen MR) is 145 cm³/mol. The first kappa shape index (κ1) is 25.8. The van der Waals surface area contributed by atoms with Crippen molar-refractivity contribution in [2.45, 2.75) is 57.5 Å². The lowest BCUT2D eigenvalue weighted by atomic mass is 9.99. The molecule has 2 aromatic rings. The first-order valence-electron chi connectivity index (χ1n) is 13.3. The molecule has 8 nitrogen and oxygen atoms in total. The number of carbonyl (C=O) groups excluding carboxylic acids is 1. The van der Waals surface area contributed by atoms with Crippen LogP contribution in [0.5, 0.6) is 0 Å². The topological polar surface area (TPSA) is 83.4 Å². The number of halogens is 2. The molecule has 2 N–H and O–H groups in total. The number of pyridine rings is 1. The van der Waals surface area contributed by atoms with E-state index < -0.39 is 22.8 Å². The molecule has 0 bridgehead atoms. The molecule has 1 amide bonds. The van der Waals surface area contributed by atoms with Crippen LogP contribution in [0.15, 0.2) is 30.3 Å². The van der Waals surface area contributed by atoms with Gasteiger partial charge >= 0.3 is 0 Å². The Morgan fingerprint density at radius 1 is 1.13 bits per heavy atom. The quantitative estimate of drug-likeness (QED) is 0.519. The highest BCUT2D eigenvalue weighted by Crippen LogP contribution is 2.62. The SMILES string of the molecule is Cc1ccc(CN2CCC(N3CCCC3=O)CC2)cc1-c1ccc2c(n1)N(C)S(O)(O)N2CC1CC1(F)F. The van der Waals surface area contributed by atoms with Crippen molar-refractivity contribution in [3.05, 3.63) is 41.5 Å². The van der Waals surface area contributed by atoms with Crippen molar-refractivity contribution in [2.24, 2.45) is 5.92 Å². The lowest BCUT2D eigenvalue weighted by Crippen LogP contribution is -2.45. The van der Waals surface area contributed by atoms with E-state index in [1.54, 1.807) is 13.1 Å². The van der Waals surface area contributed by atoms with Crippen LogP contribution in [-0.4, -0.2) is 75.0 Å². The molecule has 0 spiro atoms. The summed E-state index contributed by atoms with van der Waals surface area (Å²) >= 11 is 0. The molecule has 2 saturated heterocycles. The summed E-state index contributed by atoms with van der Waals surface area (Å²) in [5.41, 5.74) is 4.34. The maximum atomic E-state index is 13.6. The zero-order valence-corrected chi connectivity index (χ0v) is 22.6. The standard InChI is InChI=1S/C27H35F2N5O3S/c1-18-5-6-19(16-32-12-9-21(10-13-32)33-11-3-4-25(33)35)14-22(18)23-7-8-24-26(30-23)31(2)38(36,37)34(24)17-20-15-27(20,28)29/h5-8,14,20-21,36-37H,3-4,9-13,15-17H2,1-2H3. The summed E-state index contributed by atoms with van der Waals surface area (Å²) in [6.07, 6.45) is 3.43. The summed E-state index contributed by atoms with van der Waals surface area (Å²) in [6.45, 7) is 5.51. The van der Waals surface area contributed by atoms with Gasteiger partial charge in [0.25, 0.3) is 5.92 Å². The van der Waals surface area contributed by atoms with Crippen LogP contribution in [-0.2, 0) is 11.3 Å². The third-order valence-electron chi connectivity index (χ3n) is 8.52. The first-order valence-corrected chi connectivity index (χ1v) is 14.8. The van der Waals surface area contributed by atoms with E-state index in [0.29, 0.717) is 35.6 Å². The van der Waals surface area contributed by atoms with Crippen LogP contribution in [0, 0.1) is 12.8 Å². The fourth-order valence-electron chi connectivity index (χ4n) is 6.03. The molecule has 11 heteroatoms. The molecule has 6 rings (SSSR count). The van der Waals surface area contributed by atoms with Crippen molar-refractivity contribution in [1.82, 2.24) is 14.8 Å². The van der Waals surface area contributed by atoms with Crippen LogP contribution < -0.4 is 8.61 Å². The number of fused-ring (bicyclic) bond motifs is 1. The van der Waals surface area contributed by atoms with Crippen LogP contribution in [0.3, 0.4) is 0 Å². The fourth-order valence-corrected chi connectivity index (χ4v) is 7.47. The minimum absolute atomic E-state index is 0.120. The Kier molecular flexibility index (Phi) is 6.33. The van der Waals surface area contributed by atoms with Crippen LogP contribution in [0.2, 0.25) is 0 Å². The number of nitrogens with zero attached hydrogens (tertiary/aromatic N) is 5. The molecular formula is C27H35F2N5O3S. The van der Waals surface area contributed by atoms with Gasteiger partial charge in [-0.05, 0) is 66.5 Å². The van der Waals surface area contributed by atoms with Crippen molar-refractivity contribution in [1.29, 1.82) is 0 Å². The van der Waals surface area contributed by atoms with Crippen molar-refractivity contribution in [3.8, 4) is 11.3 Å². The number of alkyl halides is 2. The Balaban J connectivity index is 1.18. The van der Waals surface area contributed by atoms with Gasteiger partial charge in [0, 0.05) is 70.1 Å². The third kappa shape index (κ3) is 4.53. The van der Waals surface area contributed by atoms with E-state index in [4.69, 9.17) is 4.98 Å². The average Bonchev–Trinajstić information content (AvgIpc) is 3.18. The number of aromatic nitrogens is 1. The third-order valence-corrected chi connectivity index (χ3v) is 10.4. The lowest BCUT2D eigenvalue weighted by Gasteiger charge is -2.41. The highest BCUT2D eigenvalue weighted by atomic mass is 32.3. The molecule has 3 fully saturated rings. The summed E-state index contributed by atoms with van der Waals surface area (Å²) in [5.74, 6) is -2.95. The number of piperidine rings is 1. The van der Waals surface area contributed by atoms with Crippen molar-refractivity contribution >= 4 is 28.4 Å². The minimum Gasteiger partial charge on any atom is -0.340 e. The highest BCUT2D eigenvalue weighted by molar-refractivity contribution is 8.26. The van der Waals surface area contributed by atoms with E-state index in [0.717, 1.165) is 56.6 Å². The van der Waals surface area contributed by atoms with E-state index in [1.165, 1.54) is 14.2 Å². The summed E-state index contributed by atoms with van der Waals surface area (Å²) in [7, 11) is -1.90. The van der Waals surface area contributed by atoms with Crippen molar-refractivity contribution in [2.75, 3.05) is 41.8 Å². The number of aryl methyl sites for hydroxylation is 1. The average molecular weight is 548 g/mol. The summed E-state index contributed by atoms with van der Waals surface area (Å²) < 4.78 is 51.4. The number of rotatable bonds is 6. The number of hydrogen-bond donors (Lipinski definition) is 2. The van der Waals surface area contributed by atoms with E-state index in [1.807, 2.05) is 13.0 Å². The largest absolute Gasteiger partial charge is 0.340 e. The predicted octanol–water partition coefficient (Wildman–Crippen LogP) is 5.14. The van der Waals surface area contributed by atoms with E-state index in [9.17, 15) is 22.7 Å². The first-order chi connectivity index (χ1) is 18.0. The molecule has 1 unspecified atom stereocenters. The Morgan fingerprint density at radius 2 is 1.87 bits per heavy atom. The second-order valence-corrected chi connectivity index (χ2v) is 13.1. The molecule has 4 aliphatic rings. The number of hydrogen-bond acceptors (Lipinski definition) is 7. The summed E-state index contributed by atoms with van der Waals surface area (Å²) in [4.78, 5) is 21.4. The molecule has 3 aliphatic heterocycles. The number of benzene rings is 1. The Labute approximate surface area is 223 Å². The normalized spacial score (nSPS) is 25.7. The highest BCUT2D eigenvalue weighted by Gasteiger charge is 2.59. The zero-order valence-electron chi connectivity index (χ0n) is 21.8. The number of likely N-dealkylation sites (tertiary alicyclic amines) is 2. The Hall–Kier alpha value is -2.47. The van der Waals surface area contributed by atoms with Gasteiger partial charge in [0.2, 0.25) is 5.91 Å². The van der Waals surface area contributed by atoms with Crippen LogP contribution in [0.1, 0.15) is 43.2 Å². The van der Waals surface area contributed by atoms with E-state index in [-0.39, 0.29) is 13.0 Å². The van der Waals surface area contributed by atoms with Gasteiger partial charge in [0.05, 0.1) is 5.69 Å². The minimum atomic E-state index is -3.44. The second-order valence-electron chi connectivity index (χ2n) is 11.1. The van der Waals surface area contributed by atoms with Gasteiger partial charge in [-0.25, -0.2) is 22.4 Å². The number of carbonyl (C=O) groups is 1. The summed E-state index contributed by atoms with van der Waals surface area (Å²) in [5, 5.41) is 0. The molecule has 1 aromatic heterocycles. The Morgan fingerprint density at radius 3 is 2.53 bits per heavy atom. The summed E-state index contributed by atoms with van der Waals surface area (Å²) in [6, 6.07) is 10.3. The molecule has 206 valence electrons. The van der Waals surface area contributed by atoms with Crippen LogP contribution >= 0.6 is 11.0 Å². The Bertz CT molecular complexity index is 1250. The van der Waals surface area contributed by atoms with Gasteiger partial charge in [0.15, 0.2) is 5.82 Å². The van der Waals surface area contributed by atoms with Gasteiger partial charge in [0.1, 0.15) is 5.69 Å². The van der Waals surface area contributed by atoms with Crippen molar-refractivity contribution in [3.63, 3.8) is 0 Å². The maximum absolute atomic E-state index is 13.6. The second kappa shape index (κ2) is 9.32. The van der Waals surface area contributed by atoms with Crippen molar-refractivity contribution < 1.29 is 22.7 Å². The fraction of sp³-hybridized carbons (Fsp3) is 0.556. The molecule has 4 heterocycles. The molecule has 1 saturated carbocycles. The molecular weight excluding hydrogens is 512 g/mol. The monoisotopic (exact) mass is 547 g/mol. The maximum Gasteiger partial charge on any atom is 0.253 e. The van der Waals surface area contributed by atoms with Gasteiger partial charge in [-0.1, -0.05) is 12.1 Å². The van der Waals surface area contributed by atoms with E-state index >= 15 is 0 Å². The lowest BCUT2D eigenvalue weighted by molar-refractivity contribution is -0.130. The molecule has 38 heavy (non-hydrogen) atoms.